The van der Waals surface area contributed by atoms with Gasteiger partial charge in [0.2, 0.25) is 0 Å². The molecular weight excluding hydrogens is 268 g/mol. The molecule has 0 aromatic carbocycles. The highest BCUT2D eigenvalue weighted by Gasteiger charge is 2.04. The number of hydrogen-bond donors (Lipinski definition) is 2. The number of carboxylic acid groups (broad SMARTS) is 1. The van der Waals surface area contributed by atoms with Crippen molar-refractivity contribution in [2.45, 2.75) is 26.4 Å². The number of rotatable bonds is 6. The summed E-state index contributed by atoms with van der Waals surface area (Å²) < 4.78 is 0. The summed E-state index contributed by atoms with van der Waals surface area (Å²) >= 11 is 3.23. The van der Waals surface area contributed by atoms with Crippen LogP contribution in [-0.2, 0) is 24.3 Å². The maximum atomic E-state index is 10.6. The Hall–Kier alpha value is -1.24. The van der Waals surface area contributed by atoms with Crippen molar-refractivity contribution in [3.8, 4) is 0 Å². The fourth-order valence-corrected chi connectivity index (χ4v) is 3.30. The minimum absolute atomic E-state index is 0.110. The fourth-order valence-electron chi connectivity index (χ4n) is 1.56. The van der Waals surface area contributed by atoms with E-state index in [2.05, 4.69) is 10.3 Å². The van der Waals surface area contributed by atoms with Gasteiger partial charge in [0, 0.05) is 33.9 Å². The number of nitrogens with zero attached hydrogens (tertiary/aromatic N) is 1. The molecule has 0 aliphatic carbocycles. The second-order valence-electron chi connectivity index (χ2n) is 3.89. The molecular formula is C12H14N2O2S2. The minimum Gasteiger partial charge on any atom is -0.481 e. The smallest absolute Gasteiger partial charge is 0.308 e. The Labute approximate surface area is 113 Å². The van der Waals surface area contributed by atoms with Crippen molar-refractivity contribution in [1.82, 2.24) is 10.3 Å². The zero-order valence-electron chi connectivity index (χ0n) is 9.97. The number of thiazole rings is 1. The van der Waals surface area contributed by atoms with Gasteiger partial charge in [-0.05, 0) is 19.1 Å². The Bertz CT molecular complexity index is 534. The summed E-state index contributed by atoms with van der Waals surface area (Å²) in [5, 5.41) is 13.1. The summed E-state index contributed by atoms with van der Waals surface area (Å²) in [6, 6.07) is 3.86. The monoisotopic (exact) mass is 282 g/mol. The van der Waals surface area contributed by atoms with Crippen LogP contribution in [0.4, 0.5) is 0 Å². The predicted molar refractivity (Wildman–Crippen MR) is 73.1 cm³/mol. The Kier molecular flexibility index (Phi) is 4.46. The Morgan fingerprint density at radius 1 is 1.28 bits per heavy atom. The first-order valence-electron chi connectivity index (χ1n) is 5.55. The highest BCUT2D eigenvalue weighted by molar-refractivity contribution is 7.12. The van der Waals surface area contributed by atoms with E-state index in [0.717, 1.165) is 27.9 Å². The maximum absolute atomic E-state index is 10.6. The molecule has 0 unspecified atom stereocenters. The zero-order chi connectivity index (χ0) is 13.0. The number of thiophene rings is 1. The van der Waals surface area contributed by atoms with Crippen molar-refractivity contribution in [2.75, 3.05) is 0 Å². The van der Waals surface area contributed by atoms with Crippen molar-refractivity contribution in [1.29, 1.82) is 0 Å². The van der Waals surface area contributed by atoms with Crippen LogP contribution >= 0.6 is 22.7 Å². The summed E-state index contributed by atoms with van der Waals surface area (Å²) in [7, 11) is 0. The van der Waals surface area contributed by atoms with E-state index in [-0.39, 0.29) is 6.42 Å². The van der Waals surface area contributed by atoms with Crippen LogP contribution in [0.1, 0.15) is 19.6 Å². The molecule has 4 nitrogen and oxygen atoms in total. The molecule has 0 radical (unpaired) electrons. The summed E-state index contributed by atoms with van der Waals surface area (Å²) in [6.07, 6.45) is 2.00. The summed E-state index contributed by atoms with van der Waals surface area (Å²) in [6.45, 7) is 3.56. The number of aryl methyl sites for hydroxylation is 1. The molecule has 6 heteroatoms. The standard InChI is InChI=1S/C12H14N2O2S2/c1-8-14-7-11(17-8)6-13-5-10-3-2-9(18-10)4-12(15)16/h2-3,7,13H,4-6H2,1H3,(H,15,16). The number of aromatic nitrogens is 1. The van der Waals surface area contributed by atoms with E-state index in [0.29, 0.717) is 0 Å². The number of carbonyl (C=O) groups is 1. The maximum Gasteiger partial charge on any atom is 0.308 e. The molecule has 0 fully saturated rings. The molecule has 0 amide bonds. The largest absolute Gasteiger partial charge is 0.481 e. The van der Waals surface area contributed by atoms with Crippen LogP contribution in [0, 0.1) is 6.92 Å². The van der Waals surface area contributed by atoms with Gasteiger partial charge in [-0.15, -0.1) is 22.7 Å². The van der Waals surface area contributed by atoms with Gasteiger partial charge in [-0.2, -0.15) is 0 Å². The van der Waals surface area contributed by atoms with E-state index < -0.39 is 5.97 Å². The third-order valence-electron chi connectivity index (χ3n) is 2.31. The van der Waals surface area contributed by atoms with Crippen LogP contribution in [0.5, 0.6) is 0 Å². The zero-order valence-corrected chi connectivity index (χ0v) is 11.6. The first kappa shape index (κ1) is 13.2. The van der Waals surface area contributed by atoms with Gasteiger partial charge in [-0.25, -0.2) is 4.98 Å². The van der Waals surface area contributed by atoms with Crippen molar-refractivity contribution in [2.24, 2.45) is 0 Å². The molecule has 2 heterocycles. The van der Waals surface area contributed by atoms with Gasteiger partial charge < -0.3 is 10.4 Å². The molecule has 0 spiro atoms. The van der Waals surface area contributed by atoms with Crippen LogP contribution in [0.15, 0.2) is 18.3 Å². The third kappa shape index (κ3) is 3.90. The lowest BCUT2D eigenvalue weighted by Gasteiger charge is -1.99. The van der Waals surface area contributed by atoms with Crippen LogP contribution in [0.25, 0.3) is 0 Å². The molecule has 2 aromatic rings. The highest BCUT2D eigenvalue weighted by Crippen LogP contribution is 2.17. The van der Waals surface area contributed by atoms with E-state index in [9.17, 15) is 4.79 Å². The average Bonchev–Trinajstić information content (AvgIpc) is 2.88. The molecule has 96 valence electrons. The van der Waals surface area contributed by atoms with E-state index in [1.165, 1.54) is 4.88 Å². The Morgan fingerprint density at radius 2 is 2.00 bits per heavy atom. The van der Waals surface area contributed by atoms with Crippen LogP contribution in [-0.4, -0.2) is 16.1 Å². The highest BCUT2D eigenvalue weighted by atomic mass is 32.1. The Morgan fingerprint density at radius 3 is 2.67 bits per heavy atom. The lowest BCUT2D eigenvalue weighted by atomic mass is 10.3. The Balaban J connectivity index is 1.79. The van der Waals surface area contributed by atoms with Crippen molar-refractivity contribution < 1.29 is 9.90 Å². The molecule has 2 N–H and O–H groups in total. The summed E-state index contributed by atoms with van der Waals surface area (Å²) in [5.41, 5.74) is 0. The second kappa shape index (κ2) is 6.08. The topological polar surface area (TPSA) is 62.2 Å². The molecule has 2 rings (SSSR count). The van der Waals surface area contributed by atoms with Crippen LogP contribution < -0.4 is 5.32 Å². The number of nitrogens with one attached hydrogen (secondary N) is 1. The SMILES string of the molecule is Cc1ncc(CNCc2ccc(CC(=O)O)s2)s1. The van der Waals surface area contributed by atoms with E-state index in [4.69, 9.17) is 5.11 Å². The predicted octanol–water partition coefficient (Wildman–Crippen LogP) is 2.43. The first-order valence-corrected chi connectivity index (χ1v) is 7.18. The molecule has 0 atom stereocenters. The van der Waals surface area contributed by atoms with Gasteiger partial charge in [-0.3, -0.25) is 4.79 Å². The molecule has 2 aromatic heterocycles. The lowest BCUT2D eigenvalue weighted by molar-refractivity contribution is -0.136. The minimum atomic E-state index is -0.781. The van der Waals surface area contributed by atoms with E-state index >= 15 is 0 Å². The molecule has 18 heavy (non-hydrogen) atoms. The van der Waals surface area contributed by atoms with Gasteiger partial charge in [0.05, 0.1) is 11.4 Å². The molecule has 0 saturated heterocycles. The van der Waals surface area contributed by atoms with E-state index in [1.54, 1.807) is 22.7 Å². The second-order valence-corrected chi connectivity index (χ2v) is 6.46. The van der Waals surface area contributed by atoms with Gasteiger partial charge >= 0.3 is 5.97 Å². The number of carboxylic acids is 1. The molecule has 0 aliphatic heterocycles. The molecule has 0 saturated carbocycles. The van der Waals surface area contributed by atoms with Crippen LogP contribution in [0.3, 0.4) is 0 Å². The van der Waals surface area contributed by atoms with E-state index in [1.807, 2.05) is 25.3 Å². The fraction of sp³-hybridized carbons (Fsp3) is 0.333. The van der Waals surface area contributed by atoms with Crippen molar-refractivity contribution >= 4 is 28.6 Å². The van der Waals surface area contributed by atoms with Crippen molar-refractivity contribution in [3.05, 3.63) is 38.0 Å². The van der Waals surface area contributed by atoms with Crippen LogP contribution in [0.2, 0.25) is 0 Å². The number of hydrogen-bond acceptors (Lipinski definition) is 5. The summed E-state index contributed by atoms with van der Waals surface area (Å²) in [4.78, 5) is 18.0. The van der Waals surface area contributed by atoms with Gasteiger partial charge in [0.15, 0.2) is 0 Å². The normalized spacial score (nSPS) is 10.7. The van der Waals surface area contributed by atoms with Gasteiger partial charge in [0.1, 0.15) is 0 Å². The average molecular weight is 282 g/mol. The third-order valence-corrected chi connectivity index (χ3v) is 4.31. The van der Waals surface area contributed by atoms with Crippen molar-refractivity contribution in [3.63, 3.8) is 0 Å². The quantitative estimate of drug-likeness (QED) is 0.854. The lowest BCUT2D eigenvalue weighted by Crippen LogP contribution is -2.10. The van der Waals surface area contributed by atoms with Gasteiger partial charge in [-0.1, -0.05) is 0 Å². The molecule has 0 aliphatic rings. The van der Waals surface area contributed by atoms with Gasteiger partial charge in [0.25, 0.3) is 0 Å². The number of aliphatic carboxylic acids is 1. The summed E-state index contributed by atoms with van der Waals surface area (Å²) in [5.74, 6) is -0.781. The first-order chi connectivity index (χ1) is 8.63. The molecule has 0 bridgehead atoms.